The zero-order valence-corrected chi connectivity index (χ0v) is 19.3. The number of hydrogen-bond acceptors (Lipinski definition) is 8. The summed E-state index contributed by atoms with van der Waals surface area (Å²) in [7, 11) is 0. The molecule has 0 aliphatic heterocycles. The van der Waals surface area contributed by atoms with Gasteiger partial charge in [0.15, 0.2) is 5.17 Å². The van der Waals surface area contributed by atoms with E-state index in [1.54, 1.807) is 0 Å². The fraction of sp³-hybridized carbons (Fsp3) is 0.524. The van der Waals surface area contributed by atoms with Crippen molar-refractivity contribution in [3.05, 3.63) is 35.4 Å². The molecule has 0 fully saturated rings. The van der Waals surface area contributed by atoms with Crippen LogP contribution < -0.4 is 21.3 Å². The highest BCUT2D eigenvalue weighted by atomic mass is 32.2. The first-order valence-corrected chi connectivity index (χ1v) is 11.7. The SMILES string of the molecule is CCCCNc1nc(NCc2cccc(CN=C(N)SC)c2)nc(N(CC)CC)n1. The molecule has 0 saturated heterocycles. The van der Waals surface area contributed by atoms with Crippen LogP contribution in [0.5, 0.6) is 0 Å². The van der Waals surface area contributed by atoms with Crippen molar-refractivity contribution >= 4 is 34.8 Å². The molecule has 9 heteroatoms. The number of nitrogens with one attached hydrogen (secondary N) is 2. The van der Waals surface area contributed by atoms with E-state index in [9.17, 15) is 0 Å². The van der Waals surface area contributed by atoms with Crippen LogP contribution in [0, 0.1) is 0 Å². The summed E-state index contributed by atoms with van der Waals surface area (Å²) in [4.78, 5) is 20.2. The molecule has 0 spiro atoms. The third-order valence-electron chi connectivity index (χ3n) is 4.55. The molecule has 30 heavy (non-hydrogen) atoms. The minimum absolute atomic E-state index is 0.570. The molecule has 0 atom stereocenters. The molecule has 0 amide bonds. The Balaban J connectivity index is 2.12. The van der Waals surface area contributed by atoms with Crippen molar-refractivity contribution < 1.29 is 0 Å². The first-order valence-electron chi connectivity index (χ1n) is 10.5. The van der Waals surface area contributed by atoms with E-state index in [2.05, 4.69) is 74.4 Å². The van der Waals surface area contributed by atoms with E-state index in [-0.39, 0.29) is 0 Å². The fourth-order valence-corrected chi connectivity index (χ4v) is 2.99. The highest BCUT2D eigenvalue weighted by Gasteiger charge is 2.11. The zero-order chi connectivity index (χ0) is 21.8. The van der Waals surface area contributed by atoms with E-state index in [0.29, 0.717) is 36.1 Å². The van der Waals surface area contributed by atoms with E-state index in [4.69, 9.17) is 5.73 Å². The van der Waals surface area contributed by atoms with Gasteiger partial charge in [0.05, 0.1) is 6.54 Å². The first-order chi connectivity index (χ1) is 14.6. The van der Waals surface area contributed by atoms with Crippen LogP contribution in [0.2, 0.25) is 0 Å². The van der Waals surface area contributed by atoms with Gasteiger partial charge in [0.25, 0.3) is 0 Å². The molecular weight excluding hydrogens is 396 g/mol. The molecule has 2 aromatic rings. The largest absolute Gasteiger partial charge is 0.379 e. The van der Waals surface area contributed by atoms with E-state index in [0.717, 1.165) is 43.6 Å². The van der Waals surface area contributed by atoms with Crippen molar-refractivity contribution in [2.45, 2.75) is 46.7 Å². The monoisotopic (exact) mass is 430 g/mol. The number of anilines is 3. The summed E-state index contributed by atoms with van der Waals surface area (Å²) < 4.78 is 0. The first kappa shape index (κ1) is 23.7. The number of rotatable bonds is 12. The second kappa shape index (κ2) is 12.9. The zero-order valence-electron chi connectivity index (χ0n) is 18.5. The van der Waals surface area contributed by atoms with Gasteiger partial charge < -0.3 is 21.3 Å². The summed E-state index contributed by atoms with van der Waals surface area (Å²) in [6, 6.07) is 8.28. The van der Waals surface area contributed by atoms with Crippen molar-refractivity contribution in [2.75, 3.05) is 41.4 Å². The Bertz CT molecular complexity index is 807. The fourth-order valence-electron chi connectivity index (χ4n) is 2.80. The standard InChI is InChI=1S/C21H34N8S/c1-5-8-12-23-19-26-20(28-21(27-19)29(6-2)7-3)25-15-17-11-9-10-16(13-17)14-24-18(22)30-4/h9-11,13H,5-8,12,14-15H2,1-4H3,(H2,22,24)(H2,23,25,26,27,28). The van der Waals surface area contributed by atoms with Crippen LogP contribution in [0.3, 0.4) is 0 Å². The normalized spacial score (nSPS) is 11.4. The quantitative estimate of drug-likeness (QED) is 0.266. The van der Waals surface area contributed by atoms with Crippen molar-refractivity contribution in [1.29, 1.82) is 0 Å². The van der Waals surface area contributed by atoms with Gasteiger partial charge in [-0.2, -0.15) is 15.0 Å². The van der Waals surface area contributed by atoms with Crippen molar-refractivity contribution in [3.8, 4) is 0 Å². The summed E-state index contributed by atoms with van der Waals surface area (Å²) in [6.45, 7) is 10.1. The minimum atomic E-state index is 0.570. The maximum Gasteiger partial charge on any atom is 0.231 e. The summed E-state index contributed by atoms with van der Waals surface area (Å²) in [5.41, 5.74) is 8.03. The van der Waals surface area contributed by atoms with Crippen LogP contribution in [0.1, 0.15) is 44.7 Å². The number of hydrogen-bond donors (Lipinski definition) is 3. The Morgan fingerprint density at radius 3 is 2.43 bits per heavy atom. The highest BCUT2D eigenvalue weighted by molar-refractivity contribution is 8.13. The predicted molar refractivity (Wildman–Crippen MR) is 129 cm³/mol. The third kappa shape index (κ3) is 7.70. The second-order valence-corrected chi connectivity index (χ2v) is 7.59. The number of aromatic nitrogens is 3. The highest BCUT2D eigenvalue weighted by Crippen LogP contribution is 2.15. The lowest BCUT2D eigenvalue weighted by Gasteiger charge is -2.20. The maximum absolute atomic E-state index is 5.78. The minimum Gasteiger partial charge on any atom is -0.379 e. The summed E-state index contributed by atoms with van der Waals surface area (Å²) in [6.07, 6.45) is 4.12. The van der Waals surface area contributed by atoms with Gasteiger partial charge >= 0.3 is 0 Å². The number of nitrogens with two attached hydrogens (primary N) is 1. The Kier molecular flexibility index (Phi) is 10.2. The van der Waals surface area contributed by atoms with Crippen molar-refractivity contribution in [2.24, 2.45) is 10.7 Å². The van der Waals surface area contributed by atoms with Crippen LogP contribution in [-0.2, 0) is 13.1 Å². The lowest BCUT2D eigenvalue weighted by Crippen LogP contribution is -2.25. The molecule has 8 nitrogen and oxygen atoms in total. The predicted octanol–water partition coefficient (Wildman–Crippen LogP) is 3.72. The van der Waals surface area contributed by atoms with Crippen LogP contribution >= 0.6 is 11.8 Å². The molecule has 1 aromatic heterocycles. The summed E-state index contributed by atoms with van der Waals surface area (Å²) >= 11 is 1.45. The molecule has 2 rings (SSSR count). The Labute approximate surface area is 184 Å². The molecule has 0 unspecified atom stereocenters. The van der Waals surface area contributed by atoms with Crippen molar-refractivity contribution in [3.63, 3.8) is 0 Å². The Hall–Kier alpha value is -2.55. The van der Waals surface area contributed by atoms with Gasteiger partial charge in [-0.1, -0.05) is 49.4 Å². The average molecular weight is 431 g/mol. The molecule has 0 aliphatic carbocycles. The Morgan fingerprint density at radius 2 is 1.77 bits per heavy atom. The van der Waals surface area contributed by atoms with Gasteiger partial charge in [0, 0.05) is 26.2 Å². The van der Waals surface area contributed by atoms with E-state index < -0.39 is 0 Å². The second-order valence-electron chi connectivity index (χ2n) is 6.77. The van der Waals surface area contributed by atoms with E-state index in [1.807, 2.05) is 12.3 Å². The van der Waals surface area contributed by atoms with Crippen molar-refractivity contribution in [1.82, 2.24) is 15.0 Å². The topological polar surface area (TPSA) is 104 Å². The number of aliphatic imine (C=N–C) groups is 1. The van der Waals surface area contributed by atoms with Crippen LogP contribution in [0.25, 0.3) is 0 Å². The number of nitrogens with zero attached hydrogens (tertiary/aromatic N) is 5. The number of unbranched alkanes of at least 4 members (excludes halogenated alkanes) is 1. The third-order valence-corrected chi connectivity index (χ3v) is 5.10. The molecule has 0 radical (unpaired) electrons. The van der Waals surface area contributed by atoms with Gasteiger partial charge in [-0.15, -0.1) is 0 Å². The van der Waals surface area contributed by atoms with Gasteiger partial charge in [0.1, 0.15) is 0 Å². The van der Waals surface area contributed by atoms with Crippen LogP contribution in [0.15, 0.2) is 29.3 Å². The molecule has 1 heterocycles. The molecule has 0 aliphatic rings. The van der Waals surface area contributed by atoms with Gasteiger partial charge in [0.2, 0.25) is 17.8 Å². The summed E-state index contributed by atoms with van der Waals surface area (Å²) in [5.74, 6) is 1.87. The maximum atomic E-state index is 5.78. The number of amidine groups is 1. The lowest BCUT2D eigenvalue weighted by atomic mass is 10.1. The Morgan fingerprint density at radius 1 is 1.07 bits per heavy atom. The molecule has 1 aromatic carbocycles. The van der Waals surface area contributed by atoms with Crippen LogP contribution in [0.4, 0.5) is 17.8 Å². The lowest BCUT2D eigenvalue weighted by molar-refractivity contribution is 0.799. The van der Waals surface area contributed by atoms with Gasteiger partial charge in [-0.3, -0.25) is 4.99 Å². The smallest absolute Gasteiger partial charge is 0.231 e. The molecule has 164 valence electrons. The van der Waals surface area contributed by atoms with Crippen LogP contribution in [-0.4, -0.2) is 46.0 Å². The summed E-state index contributed by atoms with van der Waals surface area (Å²) in [5, 5.41) is 7.25. The average Bonchev–Trinajstić information content (AvgIpc) is 2.77. The van der Waals surface area contributed by atoms with E-state index >= 15 is 0 Å². The number of benzene rings is 1. The van der Waals surface area contributed by atoms with Gasteiger partial charge in [-0.05, 0) is 37.7 Å². The molecule has 4 N–H and O–H groups in total. The molecule has 0 saturated carbocycles. The van der Waals surface area contributed by atoms with E-state index in [1.165, 1.54) is 11.8 Å². The van der Waals surface area contributed by atoms with Gasteiger partial charge in [-0.25, -0.2) is 0 Å². The molecular formula is C21H34N8S. The molecule has 0 bridgehead atoms. The number of thioether (sulfide) groups is 1.